The number of urea groups is 1. The van der Waals surface area contributed by atoms with Crippen LogP contribution in [0.5, 0.6) is 0 Å². The van der Waals surface area contributed by atoms with Crippen LogP contribution in [0.4, 0.5) is 9.93 Å². The summed E-state index contributed by atoms with van der Waals surface area (Å²) in [4.78, 5) is 28.1. The van der Waals surface area contributed by atoms with Crippen LogP contribution < -0.4 is 5.32 Å². The topological polar surface area (TPSA) is 82.5 Å². The monoisotopic (exact) mass is 255 g/mol. The first kappa shape index (κ1) is 11.8. The van der Waals surface area contributed by atoms with Gasteiger partial charge in [-0.2, -0.15) is 0 Å². The first-order chi connectivity index (χ1) is 8.16. The molecule has 17 heavy (non-hydrogen) atoms. The highest BCUT2D eigenvalue weighted by Crippen LogP contribution is 2.21. The average Bonchev–Trinajstić information content (AvgIpc) is 2.87. The van der Waals surface area contributed by atoms with Gasteiger partial charge in [-0.05, 0) is 12.8 Å². The highest BCUT2D eigenvalue weighted by atomic mass is 32.1. The highest BCUT2D eigenvalue weighted by Gasteiger charge is 2.30. The molecular weight excluding hydrogens is 242 g/mol. The van der Waals surface area contributed by atoms with Crippen molar-refractivity contribution in [2.45, 2.75) is 25.3 Å². The van der Waals surface area contributed by atoms with Gasteiger partial charge >= 0.3 is 12.0 Å². The minimum atomic E-state index is -0.871. The molecule has 1 saturated heterocycles. The number of thiazole rings is 1. The van der Waals surface area contributed by atoms with E-state index in [-0.39, 0.29) is 18.5 Å². The molecule has 0 saturated carbocycles. The highest BCUT2D eigenvalue weighted by molar-refractivity contribution is 7.13. The van der Waals surface area contributed by atoms with Crippen LogP contribution in [0.15, 0.2) is 11.6 Å². The summed E-state index contributed by atoms with van der Waals surface area (Å²) < 4.78 is 0. The maximum atomic E-state index is 11.9. The van der Waals surface area contributed by atoms with Crippen molar-refractivity contribution < 1.29 is 14.7 Å². The minimum absolute atomic E-state index is 0.00525. The second-order valence-electron chi connectivity index (χ2n) is 3.85. The van der Waals surface area contributed by atoms with Gasteiger partial charge in [0.25, 0.3) is 0 Å². The number of likely N-dealkylation sites (tertiary alicyclic amines) is 1. The fraction of sp³-hybridized carbons (Fsp3) is 0.500. The molecule has 1 aliphatic heterocycles. The van der Waals surface area contributed by atoms with Crippen molar-refractivity contribution in [3.05, 3.63) is 11.6 Å². The number of carboxylic acids is 1. The van der Waals surface area contributed by atoms with Gasteiger partial charge in [-0.1, -0.05) is 0 Å². The number of nitrogens with zero attached hydrogens (tertiary/aromatic N) is 2. The van der Waals surface area contributed by atoms with Gasteiger partial charge in [0, 0.05) is 24.2 Å². The third-order valence-electron chi connectivity index (χ3n) is 2.69. The summed E-state index contributed by atoms with van der Waals surface area (Å²) in [5.41, 5.74) is 0. The van der Waals surface area contributed by atoms with Gasteiger partial charge in [-0.3, -0.25) is 10.1 Å². The summed E-state index contributed by atoms with van der Waals surface area (Å²) in [5, 5.41) is 13.7. The zero-order valence-corrected chi connectivity index (χ0v) is 9.94. The first-order valence-corrected chi connectivity index (χ1v) is 6.23. The predicted octanol–water partition coefficient (Wildman–Crippen LogP) is 1.61. The van der Waals surface area contributed by atoms with E-state index in [0.717, 1.165) is 12.8 Å². The summed E-state index contributed by atoms with van der Waals surface area (Å²) in [6, 6.07) is -0.462. The van der Waals surface area contributed by atoms with Crippen LogP contribution in [0.25, 0.3) is 0 Å². The van der Waals surface area contributed by atoms with Crippen molar-refractivity contribution in [3.63, 3.8) is 0 Å². The lowest BCUT2D eigenvalue weighted by atomic mass is 10.1. The molecule has 1 fully saturated rings. The molecule has 2 N–H and O–H groups in total. The summed E-state index contributed by atoms with van der Waals surface area (Å²) in [7, 11) is 0. The van der Waals surface area contributed by atoms with Crippen molar-refractivity contribution in [2.24, 2.45) is 0 Å². The SMILES string of the molecule is O=C(O)CC1CCCN1C(=O)Nc1nccs1. The third-order valence-corrected chi connectivity index (χ3v) is 3.38. The minimum Gasteiger partial charge on any atom is -0.481 e. The molecule has 0 aliphatic carbocycles. The molecule has 0 spiro atoms. The Morgan fingerprint density at radius 2 is 2.47 bits per heavy atom. The maximum Gasteiger partial charge on any atom is 0.323 e. The van der Waals surface area contributed by atoms with Crippen molar-refractivity contribution in [3.8, 4) is 0 Å². The Bertz CT molecular complexity index is 407. The number of amides is 2. The van der Waals surface area contributed by atoms with Gasteiger partial charge < -0.3 is 10.0 Å². The molecule has 92 valence electrons. The smallest absolute Gasteiger partial charge is 0.323 e. The Kier molecular flexibility index (Phi) is 3.58. The summed E-state index contributed by atoms with van der Waals surface area (Å²) in [6.07, 6.45) is 3.21. The molecule has 0 bridgehead atoms. The van der Waals surface area contributed by atoms with Gasteiger partial charge in [0.1, 0.15) is 0 Å². The molecule has 0 radical (unpaired) electrons. The van der Waals surface area contributed by atoms with Gasteiger partial charge in [0.2, 0.25) is 0 Å². The van der Waals surface area contributed by atoms with Crippen LogP contribution in [0.1, 0.15) is 19.3 Å². The second-order valence-corrected chi connectivity index (χ2v) is 4.75. The van der Waals surface area contributed by atoms with E-state index in [1.165, 1.54) is 11.3 Å². The molecule has 1 atom stereocenters. The largest absolute Gasteiger partial charge is 0.481 e. The van der Waals surface area contributed by atoms with Gasteiger partial charge in [0.05, 0.1) is 6.42 Å². The average molecular weight is 255 g/mol. The standard InChI is InChI=1S/C10H13N3O3S/c14-8(15)6-7-2-1-4-13(7)10(16)12-9-11-3-5-17-9/h3,5,7H,1-2,4,6H2,(H,14,15)(H,11,12,16). The van der Waals surface area contributed by atoms with Crippen molar-refractivity contribution in [1.82, 2.24) is 9.88 Å². The Balaban J connectivity index is 1.96. The second kappa shape index (κ2) is 5.13. The summed E-state index contributed by atoms with van der Waals surface area (Å²) in [5.74, 6) is -0.871. The number of nitrogens with one attached hydrogen (secondary N) is 1. The number of aromatic nitrogens is 1. The number of aliphatic carboxylic acids is 1. The fourth-order valence-corrected chi connectivity index (χ4v) is 2.48. The Morgan fingerprint density at radius 1 is 1.65 bits per heavy atom. The lowest BCUT2D eigenvalue weighted by Crippen LogP contribution is -2.39. The number of carboxylic acid groups (broad SMARTS) is 1. The van der Waals surface area contributed by atoms with E-state index in [2.05, 4.69) is 10.3 Å². The normalized spacial score (nSPS) is 19.3. The van der Waals surface area contributed by atoms with Crippen molar-refractivity contribution in [2.75, 3.05) is 11.9 Å². The quantitative estimate of drug-likeness (QED) is 0.859. The van der Waals surface area contributed by atoms with E-state index in [9.17, 15) is 9.59 Å². The first-order valence-electron chi connectivity index (χ1n) is 5.35. The van der Waals surface area contributed by atoms with Crippen LogP contribution in [0.2, 0.25) is 0 Å². The fourth-order valence-electron chi connectivity index (χ4n) is 1.97. The van der Waals surface area contributed by atoms with Crippen LogP contribution >= 0.6 is 11.3 Å². The Hall–Kier alpha value is -1.63. The van der Waals surface area contributed by atoms with E-state index in [1.807, 2.05) is 0 Å². The predicted molar refractivity (Wildman–Crippen MR) is 63.1 cm³/mol. The molecule has 2 amide bonds. The van der Waals surface area contributed by atoms with E-state index >= 15 is 0 Å². The third kappa shape index (κ3) is 2.94. The molecule has 6 nitrogen and oxygen atoms in total. The molecule has 2 heterocycles. The van der Waals surface area contributed by atoms with Gasteiger partial charge in [-0.15, -0.1) is 11.3 Å². The summed E-state index contributed by atoms with van der Waals surface area (Å²) in [6.45, 7) is 0.606. The number of hydrogen-bond acceptors (Lipinski definition) is 4. The van der Waals surface area contributed by atoms with E-state index < -0.39 is 5.97 Å². The zero-order valence-electron chi connectivity index (χ0n) is 9.13. The zero-order chi connectivity index (χ0) is 12.3. The number of hydrogen-bond donors (Lipinski definition) is 2. The van der Waals surface area contributed by atoms with E-state index in [1.54, 1.807) is 16.5 Å². The van der Waals surface area contributed by atoms with Crippen LogP contribution in [-0.4, -0.2) is 39.6 Å². The maximum absolute atomic E-state index is 11.9. The molecule has 7 heteroatoms. The molecule has 0 aromatic carbocycles. The number of carbonyl (C=O) groups excluding carboxylic acids is 1. The Morgan fingerprint density at radius 3 is 3.12 bits per heavy atom. The van der Waals surface area contributed by atoms with Crippen molar-refractivity contribution >= 4 is 28.5 Å². The van der Waals surface area contributed by atoms with Crippen LogP contribution in [0.3, 0.4) is 0 Å². The molecule has 1 aromatic heterocycles. The Labute approximate surface area is 102 Å². The van der Waals surface area contributed by atoms with E-state index in [0.29, 0.717) is 11.7 Å². The van der Waals surface area contributed by atoms with Crippen LogP contribution in [-0.2, 0) is 4.79 Å². The van der Waals surface area contributed by atoms with Gasteiger partial charge in [0.15, 0.2) is 5.13 Å². The summed E-state index contributed by atoms with van der Waals surface area (Å²) >= 11 is 1.34. The van der Waals surface area contributed by atoms with E-state index in [4.69, 9.17) is 5.11 Å². The molecule has 1 aliphatic rings. The van der Waals surface area contributed by atoms with Crippen molar-refractivity contribution in [1.29, 1.82) is 0 Å². The lowest BCUT2D eigenvalue weighted by molar-refractivity contribution is -0.137. The molecule has 1 unspecified atom stereocenters. The molecule has 1 aromatic rings. The molecular formula is C10H13N3O3S. The van der Waals surface area contributed by atoms with Crippen LogP contribution in [0, 0.1) is 0 Å². The number of rotatable bonds is 3. The number of anilines is 1. The number of carbonyl (C=O) groups is 2. The molecule has 2 rings (SSSR count). The lowest BCUT2D eigenvalue weighted by Gasteiger charge is -2.23. The van der Waals surface area contributed by atoms with Gasteiger partial charge in [-0.25, -0.2) is 9.78 Å².